The summed E-state index contributed by atoms with van der Waals surface area (Å²) in [5, 5.41) is 2.77. The van der Waals surface area contributed by atoms with Gasteiger partial charge in [0.05, 0.1) is 17.1 Å². The maximum absolute atomic E-state index is 12.8. The molecule has 7 nitrogen and oxygen atoms in total. The normalized spacial score (nSPS) is 21.5. The van der Waals surface area contributed by atoms with Gasteiger partial charge in [-0.2, -0.15) is 4.31 Å². The molecule has 26 heavy (non-hydrogen) atoms. The van der Waals surface area contributed by atoms with Gasteiger partial charge in [-0.1, -0.05) is 0 Å². The summed E-state index contributed by atoms with van der Waals surface area (Å²) >= 11 is 0. The van der Waals surface area contributed by atoms with Gasteiger partial charge in [-0.05, 0) is 51.5 Å². The van der Waals surface area contributed by atoms with E-state index in [4.69, 9.17) is 9.47 Å². The maximum atomic E-state index is 12.8. The molecular formula is C18H28N2O5S. The third-order valence-electron chi connectivity index (χ3n) is 4.06. The van der Waals surface area contributed by atoms with Gasteiger partial charge in [-0.25, -0.2) is 8.42 Å². The highest BCUT2D eigenvalue weighted by Gasteiger charge is 2.32. The predicted molar refractivity (Wildman–Crippen MR) is 99.6 cm³/mol. The second-order valence-corrected chi connectivity index (χ2v) is 8.39. The second-order valence-electron chi connectivity index (χ2n) is 6.45. The van der Waals surface area contributed by atoms with Crippen molar-refractivity contribution < 1.29 is 22.7 Å². The molecule has 2 rings (SSSR count). The van der Waals surface area contributed by atoms with E-state index in [1.54, 1.807) is 12.1 Å². The van der Waals surface area contributed by atoms with E-state index in [1.807, 2.05) is 20.8 Å². The highest BCUT2D eigenvalue weighted by atomic mass is 32.2. The molecule has 1 aliphatic rings. The van der Waals surface area contributed by atoms with Crippen LogP contribution in [0.3, 0.4) is 0 Å². The summed E-state index contributed by atoms with van der Waals surface area (Å²) in [6.45, 7) is 7.50. The number of morpholine rings is 1. The van der Waals surface area contributed by atoms with E-state index in [9.17, 15) is 13.2 Å². The van der Waals surface area contributed by atoms with E-state index in [0.717, 1.165) is 0 Å². The van der Waals surface area contributed by atoms with Crippen LogP contribution in [-0.4, -0.2) is 57.1 Å². The number of sulfonamides is 1. The molecule has 0 unspecified atom stereocenters. The van der Waals surface area contributed by atoms with Gasteiger partial charge in [0.15, 0.2) is 0 Å². The first-order valence-electron chi connectivity index (χ1n) is 8.96. The Morgan fingerprint density at radius 3 is 2.42 bits per heavy atom. The van der Waals surface area contributed by atoms with Crippen molar-refractivity contribution in [3.63, 3.8) is 0 Å². The monoisotopic (exact) mass is 384 g/mol. The fourth-order valence-electron chi connectivity index (χ4n) is 2.89. The molecule has 1 amide bonds. The Morgan fingerprint density at radius 1 is 1.23 bits per heavy atom. The number of benzene rings is 1. The molecule has 2 atom stereocenters. The van der Waals surface area contributed by atoms with Gasteiger partial charge in [0.2, 0.25) is 15.9 Å². The molecule has 1 N–H and O–H groups in total. The Labute approximate surface area is 155 Å². The van der Waals surface area contributed by atoms with Crippen molar-refractivity contribution in [1.82, 2.24) is 4.31 Å². The van der Waals surface area contributed by atoms with Crippen LogP contribution in [0, 0.1) is 0 Å². The van der Waals surface area contributed by atoms with Gasteiger partial charge >= 0.3 is 0 Å². The lowest BCUT2D eigenvalue weighted by Crippen LogP contribution is -2.48. The standard InChI is InChI=1S/C18H28N2O5S/c1-4-24-11-5-6-18(21)19-16-7-9-17(10-8-16)26(22,23)20-12-14(2)25-15(3)13-20/h7-10,14-15H,4-6,11-13H2,1-3H3,(H,19,21)/t14-,15+. The number of rotatable bonds is 8. The van der Waals surface area contributed by atoms with E-state index in [1.165, 1.54) is 16.4 Å². The molecule has 0 aliphatic carbocycles. The molecule has 1 heterocycles. The van der Waals surface area contributed by atoms with Crippen molar-refractivity contribution in [2.45, 2.75) is 50.7 Å². The van der Waals surface area contributed by atoms with E-state index in [2.05, 4.69) is 5.32 Å². The van der Waals surface area contributed by atoms with Crippen LogP contribution in [0.15, 0.2) is 29.2 Å². The zero-order valence-corrected chi connectivity index (χ0v) is 16.4. The zero-order valence-electron chi connectivity index (χ0n) is 15.6. The largest absolute Gasteiger partial charge is 0.382 e. The summed E-state index contributed by atoms with van der Waals surface area (Å²) in [4.78, 5) is 12.1. The van der Waals surface area contributed by atoms with Crippen molar-refractivity contribution in [3.05, 3.63) is 24.3 Å². The first-order valence-corrected chi connectivity index (χ1v) is 10.4. The molecule has 0 aromatic heterocycles. The van der Waals surface area contributed by atoms with Crippen molar-refractivity contribution in [3.8, 4) is 0 Å². The van der Waals surface area contributed by atoms with E-state index < -0.39 is 10.0 Å². The second kappa shape index (κ2) is 9.45. The Morgan fingerprint density at radius 2 is 1.85 bits per heavy atom. The molecule has 0 saturated carbocycles. The summed E-state index contributed by atoms with van der Waals surface area (Å²) in [6.07, 6.45) is 0.746. The summed E-state index contributed by atoms with van der Waals surface area (Å²) in [5.41, 5.74) is 0.578. The molecule has 0 spiro atoms. The summed E-state index contributed by atoms with van der Waals surface area (Å²) in [7, 11) is -3.57. The van der Waals surface area contributed by atoms with E-state index in [0.29, 0.717) is 44.8 Å². The highest BCUT2D eigenvalue weighted by molar-refractivity contribution is 7.89. The third-order valence-corrected chi connectivity index (χ3v) is 5.90. The highest BCUT2D eigenvalue weighted by Crippen LogP contribution is 2.22. The molecule has 0 radical (unpaired) electrons. The fraction of sp³-hybridized carbons (Fsp3) is 0.611. The smallest absolute Gasteiger partial charge is 0.243 e. The van der Waals surface area contributed by atoms with Crippen LogP contribution in [0.25, 0.3) is 0 Å². The van der Waals surface area contributed by atoms with Crippen LogP contribution in [-0.2, 0) is 24.3 Å². The SMILES string of the molecule is CCOCCCC(=O)Nc1ccc(S(=O)(=O)N2C[C@@H](C)O[C@@H](C)C2)cc1. The van der Waals surface area contributed by atoms with Gasteiger partial charge in [0.25, 0.3) is 0 Å². The molecule has 1 aromatic carbocycles. The lowest BCUT2D eigenvalue weighted by atomic mass is 10.2. The maximum Gasteiger partial charge on any atom is 0.243 e. The summed E-state index contributed by atoms with van der Waals surface area (Å²) in [6, 6.07) is 6.27. The van der Waals surface area contributed by atoms with Gasteiger partial charge in [0, 0.05) is 38.4 Å². The minimum Gasteiger partial charge on any atom is -0.382 e. The average molecular weight is 384 g/mol. The Hall–Kier alpha value is -1.48. The van der Waals surface area contributed by atoms with E-state index in [-0.39, 0.29) is 23.0 Å². The molecule has 1 aromatic rings. The first kappa shape index (κ1) is 20.8. The first-order chi connectivity index (χ1) is 12.3. The van der Waals surface area contributed by atoms with Gasteiger partial charge in [-0.3, -0.25) is 4.79 Å². The van der Waals surface area contributed by atoms with Crippen LogP contribution < -0.4 is 5.32 Å². The van der Waals surface area contributed by atoms with Crippen molar-refractivity contribution in [2.75, 3.05) is 31.6 Å². The average Bonchev–Trinajstić information content (AvgIpc) is 2.58. The lowest BCUT2D eigenvalue weighted by molar-refractivity contribution is -0.116. The van der Waals surface area contributed by atoms with Crippen LogP contribution in [0.2, 0.25) is 0 Å². The van der Waals surface area contributed by atoms with Gasteiger partial charge in [0.1, 0.15) is 0 Å². The molecule has 146 valence electrons. The number of anilines is 1. The number of ether oxygens (including phenoxy) is 2. The van der Waals surface area contributed by atoms with Crippen LogP contribution in [0.1, 0.15) is 33.6 Å². The number of hydrogen-bond acceptors (Lipinski definition) is 5. The number of nitrogens with one attached hydrogen (secondary N) is 1. The minimum absolute atomic E-state index is 0.115. The van der Waals surface area contributed by atoms with Crippen LogP contribution >= 0.6 is 0 Å². The van der Waals surface area contributed by atoms with Crippen LogP contribution in [0.5, 0.6) is 0 Å². The molecule has 1 aliphatic heterocycles. The lowest BCUT2D eigenvalue weighted by Gasteiger charge is -2.34. The summed E-state index contributed by atoms with van der Waals surface area (Å²) in [5.74, 6) is -0.115. The Balaban J connectivity index is 1.96. The molecule has 0 bridgehead atoms. The summed E-state index contributed by atoms with van der Waals surface area (Å²) < 4.78 is 37.8. The Bertz CT molecular complexity index is 680. The molecule has 1 fully saturated rings. The zero-order chi connectivity index (χ0) is 19.2. The van der Waals surface area contributed by atoms with Crippen molar-refractivity contribution in [2.24, 2.45) is 0 Å². The molecule has 1 saturated heterocycles. The fourth-order valence-corrected chi connectivity index (χ4v) is 4.48. The number of carbonyl (C=O) groups is 1. The topological polar surface area (TPSA) is 84.9 Å². The van der Waals surface area contributed by atoms with Crippen molar-refractivity contribution in [1.29, 1.82) is 0 Å². The Kier molecular flexibility index (Phi) is 7.57. The quantitative estimate of drug-likeness (QED) is 0.695. The van der Waals surface area contributed by atoms with Crippen LogP contribution in [0.4, 0.5) is 5.69 Å². The van der Waals surface area contributed by atoms with Gasteiger partial charge < -0.3 is 14.8 Å². The third kappa shape index (κ3) is 5.77. The molecular weight excluding hydrogens is 356 g/mol. The number of hydrogen-bond donors (Lipinski definition) is 1. The number of carbonyl (C=O) groups excluding carboxylic acids is 1. The molecule has 8 heteroatoms. The minimum atomic E-state index is -3.57. The van der Waals surface area contributed by atoms with E-state index >= 15 is 0 Å². The van der Waals surface area contributed by atoms with Crippen molar-refractivity contribution >= 4 is 21.6 Å². The predicted octanol–water partition coefficient (Wildman–Crippen LogP) is 2.24. The van der Waals surface area contributed by atoms with Gasteiger partial charge in [-0.15, -0.1) is 0 Å². The number of amides is 1. The number of nitrogens with zero attached hydrogens (tertiary/aromatic N) is 1.